The molecule has 10 rings (SSSR count). The number of fused-ring (bicyclic) bond motifs is 3. The molecule has 0 radical (unpaired) electrons. The minimum atomic E-state index is 0.873. The molecule has 240 valence electrons. The second-order valence-corrected chi connectivity index (χ2v) is 12.6. The van der Waals surface area contributed by atoms with E-state index in [1.54, 1.807) is 0 Å². The summed E-state index contributed by atoms with van der Waals surface area (Å²) in [5, 5.41) is 0. The van der Waals surface area contributed by atoms with Crippen LogP contribution in [-0.4, -0.2) is 28.7 Å². The quantitative estimate of drug-likeness (QED) is 0.179. The van der Waals surface area contributed by atoms with E-state index < -0.39 is 0 Å². The molecule has 0 atom stereocenters. The van der Waals surface area contributed by atoms with Gasteiger partial charge in [-0.1, -0.05) is 127 Å². The minimum absolute atomic E-state index is 0.873. The van der Waals surface area contributed by atoms with Crippen molar-refractivity contribution in [3.05, 3.63) is 182 Å². The Balaban J connectivity index is 1.34. The first kappa shape index (κ1) is 28.9. The molecule has 0 aliphatic heterocycles. The zero-order valence-corrected chi connectivity index (χ0v) is 27.5. The Morgan fingerprint density at radius 1 is 0.275 bits per heavy atom. The maximum absolute atomic E-state index is 5.20. The predicted molar refractivity (Wildman–Crippen MR) is 207 cm³/mol. The van der Waals surface area contributed by atoms with Gasteiger partial charge < -0.3 is 0 Å². The van der Waals surface area contributed by atoms with E-state index >= 15 is 0 Å². The van der Waals surface area contributed by atoms with Crippen LogP contribution in [0.3, 0.4) is 0 Å². The van der Waals surface area contributed by atoms with Crippen LogP contribution in [0.1, 0.15) is 0 Å². The highest BCUT2D eigenvalue weighted by Gasteiger charge is 2.21. The average Bonchev–Trinajstić information content (AvgIpc) is 3.91. The summed E-state index contributed by atoms with van der Waals surface area (Å²) in [6.07, 6.45) is 0. The van der Waals surface area contributed by atoms with Gasteiger partial charge in [-0.25, -0.2) is 15.0 Å². The number of hydrogen-bond acceptors (Lipinski definition) is 3. The van der Waals surface area contributed by atoms with Gasteiger partial charge in [-0.2, -0.15) is 0 Å². The smallest absolute Gasteiger partial charge is 0.145 e. The van der Waals surface area contributed by atoms with Crippen molar-refractivity contribution in [1.82, 2.24) is 28.7 Å². The monoisotopic (exact) mass is 654 g/mol. The van der Waals surface area contributed by atoms with Crippen LogP contribution in [0.4, 0.5) is 0 Å². The van der Waals surface area contributed by atoms with Crippen molar-refractivity contribution in [3.63, 3.8) is 0 Å². The number of aromatic nitrogens is 6. The second-order valence-electron chi connectivity index (χ2n) is 12.6. The standard InChI is InChI=1S/C45H30N6/c1-4-16-31(17-5-1)43-46-37-22-10-13-25-40(37)49(43)34-28-35(50-41-26-14-11-23-38(41)47-44(50)32-18-6-2-7-19-32)30-36(29-34)51-42-27-15-12-24-39(42)48-45(51)33-20-8-3-9-21-33/h1-30H. The summed E-state index contributed by atoms with van der Waals surface area (Å²) < 4.78 is 6.83. The van der Waals surface area contributed by atoms with Gasteiger partial charge in [0.05, 0.1) is 50.2 Å². The highest BCUT2D eigenvalue weighted by Crippen LogP contribution is 2.36. The molecule has 0 spiro atoms. The van der Waals surface area contributed by atoms with Gasteiger partial charge in [-0.3, -0.25) is 13.7 Å². The van der Waals surface area contributed by atoms with Gasteiger partial charge in [-0.05, 0) is 54.6 Å². The predicted octanol–water partition coefficient (Wildman–Crippen LogP) is 10.7. The molecule has 51 heavy (non-hydrogen) atoms. The third-order valence-corrected chi connectivity index (χ3v) is 9.44. The van der Waals surface area contributed by atoms with Crippen LogP contribution in [0.25, 0.3) is 84.3 Å². The molecule has 0 bridgehead atoms. The summed E-state index contributed by atoms with van der Waals surface area (Å²) >= 11 is 0. The van der Waals surface area contributed by atoms with Crippen LogP contribution in [0.2, 0.25) is 0 Å². The summed E-state index contributed by atoms with van der Waals surface area (Å²) in [6, 6.07) is 63.0. The van der Waals surface area contributed by atoms with Gasteiger partial charge in [0, 0.05) is 16.7 Å². The molecule has 3 aromatic heterocycles. The zero-order chi connectivity index (χ0) is 33.7. The van der Waals surface area contributed by atoms with Crippen molar-refractivity contribution in [2.45, 2.75) is 0 Å². The Kier molecular flexibility index (Phi) is 6.70. The van der Waals surface area contributed by atoms with Gasteiger partial charge in [0.15, 0.2) is 0 Å². The number of nitrogens with zero attached hydrogens (tertiary/aromatic N) is 6. The van der Waals surface area contributed by atoms with E-state index in [9.17, 15) is 0 Å². The minimum Gasteiger partial charge on any atom is -0.292 e. The van der Waals surface area contributed by atoms with Gasteiger partial charge in [0.1, 0.15) is 17.5 Å². The molecular weight excluding hydrogens is 625 g/mol. The molecule has 6 nitrogen and oxygen atoms in total. The fourth-order valence-corrected chi connectivity index (χ4v) is 7.17. The van der Waals surface area contributed by atoms with Crippen molar-refractivity contribution in [2.24, 2.45) is 0 Å². The lowest BCUT2D eigenvalue weighted by molar-refractivity contribution is 1.04. The molecule has 0 unspecified atom stereocenters. The van der Waals surface area contributed by atoms with Gasteiger partial charge in [0.25, 0.3) is 0 Å². The first-order chi connectivity index (χ1) is 25.3. The first-order valence-electron chi connectivity index (χ1n) is 17.1. The second kappa shape index (κ2) is 11.8. The highest BCUT2D eigenvalue weighted by atomic mass is 15.1. The number of benzene rings is 7. The summed E-state index contributed by atoms with van der Waals surface area (Å²) in [4.78, 5) is 15.6. The number of hydrogen-bond donors (Lipinski definition) is 0. The number of para-hydroxylation sites is 6. The Bertz CT molecular complexity index is 2520. The third kappa shape index (κ3) is 4.84. The van der Waals surface area contributed by atoms with Crippen molar-refractivity contribution in [3.8, 4) is 51.2 Å². The largest absolute Gasteiger partial charge is 0.292 e. The maximum Gasteiger partial charge on any atom is 0.145 e. The molecule has 0 N–H and O–H groups in total. The lowest BCUT2D eigenvalue weighted by atomic mass is 10.1. The Morgan fingerprint density at radius 3 is 0.824 bits per heavy atom. The van der Waals surface area contributed by atoms with Crippen LogP contribution in [0, 0.1) is 0 Å². The van der Waals surface area contributed by atoms with Crippen molar-refractivity contribution >= 4 is 33.1 Å². The van der Waals surface area contributed by atoms with Gasteiger partial charge in [-0.15, -0.1) is 0 Å². The molecule has 0 aliphatic carbocycles. The Hall–Kier alpha value is -7.05. The van der Waals surface area contributed by atoms with E-state index in [-0.39, 0.29) is 0 Å². The van der Waals surface area contributed by atoms with E-state index in [1.807, 2.05) is 36.4 Å². The lowest BCUT2D eigenvalue weighted by Crippen LogP contribution is -2.06. The van der Waals surface area contributed by atoms with Crippen molar-refractivity contribution in [1.29, 1.82) is 0 Å². The average molecular weight is 655 g/mol. The molecule has 7 aromatic carbocycles. The molecular formula is C45H30N6. The van der Waals surface area contributed by atoms with E-state index in [0.29, 0.717) is 0 Å². The summed E-state index contributed by atoms with van der Waals surface area (Å²) in [6.45, 7) is 0. The molecule has 3 heterocycles. The van der Waals surface area contributed by atoms with E-state index in [2.05, 4.69) is 159 Å². The summed E-state index contributed by atoms with van der Waals surface area (Å²) in [7, 11) is 0. The summed E-state index contributed by atoms with van der Waals surface area (Å²) in [5.41, 5.74) is 11.9. The fourth-order valence-electron chi connectivity index (χ4n) is 7.17. The third-order valence-electron chi connectivity index (χ3n) is 9.44. The molecule has 0 saturated carbocycles. The van der Waals surface area contributed by atoms with E-state index in [0.717, 1.165) is 84.3 Å². The Labute approximate surface area is 294 Å². The summed E-state index contributed by atoms with van der Waals surface area (Å²) in [5.74, 6) is 2.62. The van der Waals surface area contributed by atoms with Crippen LogP contribution >= 0.6 is 0 Å². The molecule has 0 amide bonds. The maximum atomic E-state index is 5.20. The lowest BCUT2D eigenvalue weighted by Gasteiger charge is -2.18. The van der Waals surface area contributed by atoms with Crippen LogP contribution in [0.5, 0.6) is 0 Å². The van der Waals surface area contributed by atoms with Crippen LogP contribution in [0.15, 0.2) is 182 Å². The van der Waals surface area contributed by atoms with Crippen LogP contribution < -0.4 is 0 Å². The van der Waals surface area contributed by atoms with E-state index in [4.69, 9.17) is 15.0 Å². The molecule has 0 fully saturated rings. The SMILES string of the molecule is c1ccc(-c2nc3ccccc3n2-c2cc(-n3c(-c4ccccc4)nc4ccccc43)cc(-n3c(-c4ccccc4)nc4ccccc43)c2)cc1. The molecule has 10 aromatic rings. The molecule has 0 aliphatic rings. The number of imidazole rings is 3. The fraction of sp³-hybridized carbons (Fsp3) is 0. The molecule has 0 saturated heterocycles. The van der Waals surface area contributed by atoms with Crippen molar-refractivity contribution in [2.75, 3.05) is 0 Å². The zero-order valence-electron chi connectivity index (χ0n) is 27.5. The number of rotatable bonds is 6. The first-order valence-corrected chi connectivity index (χ1v) is 17.1. The molecule has 6 heteroatoms. The normalized spacial score (nSPS) is 11.5. The Morgan fingerprint density at radius 2 is 0.529 bits per heavy atom. The van der Waals surface area contributed by atoms with Gasteiger partial charge >= 0.3 is 0 Å². The van der Waals surface area contributed by atoms with E-state index in [1.165, 1.54) is 0 Å². The topological polar surface area (TPSA) is 53.5 Å². The van der Waals surface area contributed by atoms with Crippen LogP contribution in [-0.2, 0) is 0 Å². The highest BCUT2D eigenvalue weighted by molar-refractivity contribution is 5.88. The van der Waals surface area contributed by atoms with Crippen molar-refractivity contribution < 1.29 is 0 Å². The van der Waals surface area contributed by atoms with Gasteiger partial charge in [0.2, 0.25) is 0 Å².